The Morgan fingerprint density at radius 1 is 0.545 bits per heavy atom. The minimum Gasteiger partial charge on any atom is -0.462 e. The lowest BCUT2D eigenvalue weighted by Gasteiger charge is -2.36. The third-order valence-corrected chi connectivity index (χ3v) is 22.8. The average molecular weight is 1570 g/mol. The molecule has 12 heterocycles. The van der Waals surface area contributed by atoms with Crippen LogP contribution in [-0.2, 0) is 44.4 Å². The molecule has 0 radical (unpaired) electrons. The van der Waals surface area contributed by atoms with E-state index in [1.165, 1.54) is 4.31 Å². The molecule has 3 aliphatic heterocycles. The lowest BCUT2D eigenvalue weighted by Crippen LogP contribution is -2.67. The normalized spacial score (nSPS) is 16.0. The van der Waals surface area contributed by atoms with Crippen molar-refractivity contribution in [2.24, 2.45) is 0 Å². The number of piperidine rings is 1. The zero-order chi connectivity index (χ0) is 78.3. The summed E-state index contributed by atoms with van der Waals surface area (Å²) in [5.41, 5.74) is 10.7. The van der Waals surface area contributed by atoms with Gasteiger partial charge in [-0.3, -0.25) is 5.32 Å². The van der Waals surface area contributed by atoms with Crippen molar-refractivity contribution >= 4 is 60.9 Å². The van der Waals surface area contributed by atoms with E-state index >= 15 is 0 Å². The van der Waals surface area contributed by atoms with Gasteiger partial charge in [0.15, 0.2) is 23.2 Å². The summed E-state index contributed by atoms with van der Waals surface area (Å²) in [6.07, 6.45) is 17.3. The number of hydrogen-bond acceptors (Lipinski definition) is 27. The first-order chi connectivity index (χ1) is 54.3. The van der Waals surface area contributed by atoms with Crippen LogP contribution >= 0.6 is 0 Å². The third-order valence-electron chi connectivity index (χ3n) is 19.0. The molecule has 0 saturated carbocycles. The number of benzene rings is 3. The predicted octanol–water partition coefficient (Wildman–Crippen LogP) is 6.61. The molecule has 3 fully saturated rings. The van der Waals surface area contributed by atoms with E-state index in [2.05, 4.69) is 144 Å². The number of likely N-dealkylation sites (N-methyl/N-ethyl adjacent to an activating group) is 1. The molecule has 36 nitrogen and oxygen atoms in total. The minimum absolute atomic E-state index is 0.0711. The fourth-order valence-electron chi connectivity index (χ4n) is 12.9. The number of fused-ring (bicyclic) bond motifs is 3. The molecule has 3 unspecified atom stereocenters. The summed E-state index contributed by atoms with van der Waals surface area (Å²) in [6, 6.07) is 29.7. The number of carbonyl (C=O) groups is 1. The van der Waals surface area contributed by atoms with Gasteiger partial charge in [0.2, 0.25) is 37.9 Å². The summed E-state index contributed by atoms with van der Waals surface area (Å²) in [6.45, 7) is 19.6. The topological polar surface area (TPSA) is 404 Å². The first-order valence-electron chi connectivity index (χ1n) is 37.4. The maximum absolute atomic E-state index is 13.0. The molecule has 3 atom stereocenters. The van der Waals surface area contributed by atoms with Crippen LogP contribution in [0.3, 0.4) is 0 Å². The number of ether oxygens (including phenoxy) is 4. The SMILES string of the molecule is CC(C)c1cnn2c(NCc3ccccc3-n3cccn3)nc(OCCN(C)S(=O)(=O)C3CCNCC3)nc12.CC(C)c1cnn2c(NCc3ccccc3-n3cccn3)nc(OCCS(=O)(=O)NC3CCNC3)nc12.CCOC(=O)NC1CNC1Oc1nc(NCc2ccccc2-n2cccn2)n2ncc(C(C)C)c2n1. The van der Waals surface area contributed by atoms with Crippen LogP contribution in [0.15, 0.2) is 147 Å². The molecule has 0 aliphatic carbocycles. The van der Waals surface area contributed by atoms with Crippen LogP contribution in [0.2, 0.25) is 0 Å². The minimum atomic E-state index is -3.48. The highest BCUT2D eigenvalue weighted by atomic mass is 32.2. The Bertz CT molecular complexity index is 5320. The van der Waals surface area contributed by atoms with Gasteiger partial charge in [0.25, 0.3) is 0 Å². The first kappa shape index (κ1) is 78.8. The van der Waals surface area contributed by atoms with Crippen molar-refractivity contribution in [2.75, 3.05) is 87.8 Å². The Labute approximate surface area is 648 Å². The summed E-state index contributed by atoms with van der Waals surface area (Å²) in [4.78, 5) is 39.3. The molecule has 112 heavy (non-hydrogen) atoms. The van der Waals surface area contributed by atoms with Gasteiger partial charge in [-0.25, -0.2) is 44.7 Å². The second-order valence-corrected chi connectivity index (χ2v) is 32.0. The Morgan fingerprint density at radius 2 is 0.982 bits per heavy atom. The number of aromatic nitrogens is 18. The molecule has 8 N–H and O–H groups in total. The van der Waals surface area contributed by atoms with Crippen LogP contribution < -0.4 is 56.2 Å². The van der Waals surface area contributed by atoms with Gasteiger partial charge in [-0.05, 0) is 117 Å². The van der Waals surface area contributed by atoms with Crippen LogP contribution in [0.5, 0.6) is 18.0 Å². The van der Waals surface area contributed by atoms with Gasteiger partial charge < -0.3 is 50.8 Å². The molecular formula is C74H95N27O9S2. The van der Waals surface area contributed by atoms with Gasteiger partial charge in [0, 0.05) is 106 Å². The van der Waals surface area contributed by atoms with E-state index in [1.54, 1.807) is 64.7 Å². The molecule has 12 aromatic rings. The molecule has 0 bridgehead atoms. The summed E-state index contributed by atoms with van der Waals surface area (Å²) < 4.78 is 88.0. The quantitative estimate of drug-likeness (QED) is 0.0226. The van der Waals surface area contributed by atoms with Gasteiger partial charge in [-0.1, -0.05) is 96.1 Å². The fourth-order valence-corrected chi connectivity index (χ4v) is 15.7. The van der Waals surface area contributed by atoms with Crippen LogP contribution in [0.4, 0.5) is 22.6 Å². The number of anilines is 3. The number of para-hydroxylation sites is 3. The fraction of sp³-hybridized carbons (Fsp3) is 0.419. The van der Waals surface area contributed by atoms with Gasteiger partial charge >= 0.3 is 24.1 Å². The van der Waals surface area contributed by atoms with Gasteiger partial charge in [-0.15, -0.1) is 0 Å². The predicted molar refractivity (Wildman–Crippen MR) is 420 cm³/mol. The highest BCUT2D eigenvalue weighted by Gasteiger charge is 2.36. The maximum atomic E-state index is 13.0. The van der Waals surface area contributed by atoms with E-state index in [9.17, 15) is 21.6 Å². The van der Waals surface area contributed by atoms with Gasteiger partial charge in [0.05, 0.1) is 59.3 Å². The van der Waals surface area contributed by atoms with E-state index < -0.39 is 32.4 Å². The lowest BCUT2D eigenvalue weighted by molar-refractivity contribution is 0.0426. The van der Waals surface area contributed by atoms with Crippen molar-refractivity contribution < 1.29 is 40.6 Å². The molecule has 38 heteroatoms. The number of nitrogens with one attached hydrogen (secondary N) is 8. The highest BCUT2D eigenvalue weighted by molar-refractivity contribution is 7.89. The van der Waals surface area contributed by atoms with Crippen molar-refractivity contribution in [1.82, 2.24) is 118 Å². The Kier molecular flexibility index (Phi) is 25.5. The average Bonchev–Trinajstić information content (AvgIpc) is 1.61. The summed E-state index contributed by atoms with van der Waals surface area (Å²) in [5, 5.41) is 48.6. The molecule has 9 aromatic heterocycles. The van der Waals surface area contributed by atoms with Gasteiger partial charge in [0.1, 0.15) is 13.2 Å². The molecule has 15 rings (SSSR count). The number of carbonyl (C=O) groups excluding carboxylic acids is 1. The number of hydrogen-bond donors (Lipinski definition) is 8. The van der Waals surface area contributed by atoms with Crippen molar-refractivity contribution in [3.05, 3.63) is 180 Å². The third kappa shape index (κ3) is 19.2. The van der Waals surface area contributed by atoms with Crippen LogP contribution in [0, 0.1) is 0 Å². The van der Waals surface area contributed by atoms with Crippen LogP contribution in [0.25, 0.3) is 34.0 Å². The zero-order valence-electron chi connectivity index (χ0n) is 63.7. The maximum Gasteiger partial charge on any atom is 0.407 e. The molecular weight excluding hydrogens is 1480 g/mol. The van der Waals surface area contributed by atoms with Crippen molar-refractivity contribution in [2.45, 2.75) is 129 Å². The Hall–Kier alpha value is -11.3. The second kappa shape index (κ2) is 36.3. The van der Waals surface area contributed by atoms with E-state index in [1.807, 2.05) is 124 Å². The number of sulfonamides is 2. The molecule has 0 spiro atoms. The number of alkyl carbamates (subject to hydrolysis) is 1. The van der Waals surface area contributed by atoms with E-state index in [0.717, 1.165) is 63.4 Å². The Morgan fingerprint density at radius 3 is 1.39 bits per heavy atom. The van der Waals surface area contributed by atoms with E-state index in [0.29, 0.717) is 100 Å². The Balaban J connectivity index is 0.000000147. The molecule has 592 valence electrons. The molecule has 3 saturated heterocycles. The summed E-state index contributed by atoms with van der Waals surface area (Å²) in [5.74, 6) is 1.81. The van der Waals surface area contributed by atoms with E-state index in [-0.39, 0.29) is 78.6 Å². The van der Waals surface area contributed by atoms with Crippen molar-refractivity contribution in [3.8, 4) is 35.1 Å². The monoisotopic (exact) mass is 1570 g/mol. The summed E-state index contributed by atoms with van der Waals surface area (Å²) >= 11 is 0. The van der Waals surface area contributed by atoms with Crippen molar-refractivity contribution in [3.63, 3.8) is 0 Å². The standard InChI is InChI=1S/C26H35N9O3S.C24H31N9O3S.C24H29N9O3/c1-19(2)22-18-30-35-24(22)31-26(38-16-15-33(3)39(36,37)21-9-12-27-13-10-21)32-25(35)28-17-20-7-4-5-8-23(20)34-14-6-11-29-34;1-17(2)20-16-28-33-22(20)29-24(36-12-13-37(34,35)31-19-8-10-25-15-19)30-23(33)26-14-18-6-3-4-7-21(18)32-11-5-9-27-32;1-4-35-24(34)29-18-14-25-21(18)36-23-30-20-17(15(2)3)13-28-33(20)22(31-23)26-12-16-8-5-6-9-19(16)32-11-7-10-27-32/h4-8,11,14,18-19,21,27H,9-10,12-13,15-17H2,1-3H3,(H,28,31,32);3-7,9,11,16-17,19,25,31H,8,10,12-15H2,1-2H3,(H,26,29,30);5-11,13,15,18,21,25H,4,12,14H2,1-3H3,(H,29,34)(H,26,30,31). The largest absolute Gasteiger partial charge is 0.462 e. The smallest absolute Gasteiger partial charge is 0.407 e. The molecule has 3 aromatic carbocycles. The number of rotatable bonds is 31. The van der Waals surface area contributed by atoms with E-state index in [4.69, 9.17) is 18.9 Å². The van der Waals surface area contributed by atoms with Crippen molar-refractivity contribution in [1.29, 1.82) is 0 Å². The number of nitrogens with zero attached hydrogens (tertiary/aromatic N) is 19. The zero-order valence-corrected chi connectivity index (χ0v) is 65.3. The second-order valence-electron chi connectivity index (χ2n) is 27.8. The first-order valence-corrected chi connectivity index (χ1v) is 40.6. The number of amides is 1. The van der Waals surface area contributed by atoms with Gasteiger partial charge in [-0.2, -0.15) is 74.0 Å². The highest BCUT2D eigenvalue weighted by Crippen LogP contribution is 2.29. The molecule has 3 aliphatic rings. The van der Waals surface area contributed by atoms with Crippen LogP contribution in [-0.4, -0.2) is 211 Å². The van der Waals surface area contributed by atoms with Crippen LogP contribution in [0.1, 0.15) is 119 Å². The summed E-state index contributed by atoms with van der Waals surface area (Å²) in [7, 11) is -5.27. The lowest BCUT2D eigenvalue weighted by atomic mass is 10.1. The molecule has 1 amide bonds.